The van der Waals surface area contributed by atoms with Gasteiger partial charge in [-0.25, -0.2) is 4.98 Å². The number of fused-ring (bicyclic) bond motifs is 1. The summed E-state index contributed by atoms with van der Waals surface area (Å²) in [6, 6.07) is 14.2. The van der Waals surface area contributed by atoms with E-state index in [1.165, 1.54) is 11.1 Å². The average Bonchev–Trinajstić information content (AvgIpc) is 2.81. The third kappa shape index (κ3) is 3.07. The van der Waals surface area contributed by atoms with Gasteiger partial charge in [0.1, 0.15) is 5.54 Å². The van der Waals surface area contributed by atoms with Crippen molar-refractivity contribution in [2.75, 3.05) is 13.7 Å². The lowest BCUT2D eigenvalue weighted by Crippen LogP contribution is -2.60. The van der Waals surface area contributed by atoms with Gasteiger partial charge < -0.3 is 10.1 Å². The number of carbonyl (C=O) groups excluding carboxylic acids is 1. The zero-order valence-corrected chi connectivity index (χ0v) is 15.2. The molecular weight excluding hydrogens is 326 g/mol. The van der Waals surface area contributed by atoms with Crippen molar-refractivity contribution in [3.8, 4) is 5.88 Å². The second-order valence-corrected chi connectivity index (χ2v) is 7.21. The van der Waals surface area contributed by atoms with Gasteiger partial charge in [0.05, 0.1) is 12.8 Å². The van der Waals surface area contributed by atoms with Gasteiger partial charge in [0.2, 0.25) is 11.8 Å². The molecule has 2 aliphatic rings. The number of nitrogens with zero attached hydrogens (tertiary/aromatic N) is 2. The number of ether oxygens (including phenoxy) is 1. The van der Waals surface area contributed by atoms with Crippen molar-refractivity contribution in [3.05, 3.63) is 59.3 Å². The number of amides is 1. The number of nitrogens with one attached hydrogen (secondary N) is 1. The van der Waals surface area contributed by atoms with Crippen LogP contribution in [0.2, 0.25) is 0 Å². The number of hydrogen-bond acceptors (Lipinski definition) is 4. The lowest BCUT2D eigenvalue weighted by Gasteiger charge is -2.45. The van der Waals surface area contributed by atoms with Crippen LogP contribution in [0.5, 0.6) is 5.88 Å². The molecule has 2 aliphatic heterocycles. The summed E-state index contributed by atoms with van der Waals surface area (Å²) in [6.45, 7) is 2.18. The Morgan fingerprint density at radius 2 is 2.00 bits per heavy atom. The molecule has 136 valence electrons. The summed E-state index contributed by atoms with van der Waals surface area (Å²) in [7, 11) is 1.63. The van der Waals surface area contributed by atoms with E-state index in [-0.39, 0.29) is 5.91 Å². The van der Waals surface area contributed by atoms with Crippen molar-refractivity contribution in [1.29, 1.82) is 0 Å². The SMILES string of the molecule is COc1cccc(CN2CCCCC23Cc2ccccc2CNC3=O)n1. The molecule has 3 heterocycles. The Bertz CT molecular complexity index is 807. The molecule has 4 rings (SSSR count). The standard InChI is InChI=1S/C21H25N3O2/c1-26-19-10-6-9-18(23-19)15-24-12-5-4-11-21(24)13-16-7-2-3-8-17(16)14-22-20(21)25/h2-3,6-10H,4-5,11-15H2,1H3,(H,22,25). The summed E-state index contributed by atoms with van der Waals surface area (Å²) >= 11 is 0. The average molecular weight is 351 g/mol. The number of methoxy groups -OCH3 is 1. The topological polar surface area (TPSA) is 54.5 Å². The minimum Gasteiger partial charge on any atom is -0.481 e. The van der Waals surface area contributed by atoms with E-state index in [0.29, 0.717) is 19.0 Å². The number of piperidine rings is 1. The molecule has 1 atom stereocenters. The van der Waals surface area contributed by atoms with E-state index in [0.717, 1.165) is 37.9 Å². The Balaban J connectivity index is 1.68. The maximum atomic E-state index is 13.2. The third-order valence-corrected chi connectivity index (χ3v) is 5.68. The van der Waals surface area contributed by atoms with Gasteiger partial charge in [0.15, 0.2) is 0 Å². The quantitative estimate of drug-likeness (QED) is 0.924. The zero-order valence-electron chi connectivity index (χ0n) is 15.2. The van der Waals surface area contributed by atoms with Crippen LogP contribution in [0.4, 0.5) is 0 Å². The summed E-state index contributed by atoms with van der Waals surface area (Å²) in [5.41, 5.74) is 2.95. The first-order chi connectivity index (χ1) is 12.7. The predicted molar refractivity (Wildman–Crippen MR) is 99.8 cm³/mol. The minimum absolute atomic E-state index is 0.149. The second kappa shape index (κ2) is 7.08. The molecule has 26 heavy (non-hydrogen) atoms. The normalized spacial score (nSPS) is 23.2. The molecule has 1 amide bonds. The minimum atomic E-state index is -0.490. The lowest BCUT2D eigenvalue weighted by atomic mass is 9.80. The van der Waals surface area contributed by atoms with Crippen LogP contribution in [-0.4, -0.2) is 35.0 Å². The number of rotatable bonds is 3. The molecule has 0 saturated carbocycles. The number of aromatic nitrogens is 1. The van der Waals surface area contributed by atoms with Crippen LogP contribution < -0.4 is 10.1 Å². The van der Waals surface area contributed by atoms with Crippen molar-refractivity contribution in [1.82, 2.24) is 15.2 Å². The number of likely N-dealkylation sites (tertiary alicyclic amines) is 1. The smallest absolute Gasteiger partial charge is 0.241 e. The van der Waals surface area contributed by atoms with Crippen molar-refractivity contribution >= 4 is 5.91 Å². The van der Waals surface area contributed by atoms with Gasteiger partial charge in [-0.3, -0.25) is 9.69 Å². The van der Waals surface area contributed by atoms with Gasteiger partial charge in [0.25, 0.3) is 0 Å². The lowest BCUT2D eigenvalue weighted by molar-refractivity contribution is -0.136. The van der Waals surface area contributed by atoms with E-state index in [1.807, 2.05) is 24.3 Å². The fourth-order valence-corrected chi connectivity index (χ4v) is 4.27. The number of hydrogen-bond donors (Lipinski definition) is 1. The van der Waals surface area contributed by atoms with Gasteiger partial charge in [-0.05, 0) is 43.0 Å². The summed E-state index contributed by atoms with van der Waals surface area (Å²) < 4.78 is 5.26. The summed E-state index contributed by atoms with van der Waals surface area (Å²) in [5, 5.41) is 3.17. The molecule has 5 heteroatoms. The molecule has 5 nitrogen and oxygen atoms in total. The first-order valence-electron chi connectivity index (χ1n) is 9.31. The fraction of sp³-hybridized carbons (Fsp3) is 0.429. The number of carbonyl (C=O) groups is 1. The van der Waals surface area contributed by atoms with Crippen LogP contribution in [0.1, 0.15) is 36.1 Å². The Morgan fingerprint density at radius 3 is 2.85 bits per heavy atom. The molecule has 1 unspecified atom stereocenters. The van der Waals surface area contributed by atoms with E-state index < -0.39 is 5.54 Å². The number of benzene rings is 1. The molecule has 0 bridgehead atoms. The highest BCUT2D eigenvalue weighted by molar-refractivity contribution is 5.87. The van der Waals surface area contributed by atoms with E-state index in [4.69, 9.17) is 4.74 Å². The van der Waals surface area contributed by atoms with E-state index in [9.17, 15) is 4.79 Å². The fourth-order valence-electron chi connectivity index (χ4n) is 4.27. The molecular formula is C21H25N3O2. The monoisotopic (exact) mass is 351 g/mol. The predicted octanol–water partition coefficient (Wildman–Crippen LogP) is 2.69. The van der Waals surface area contributed by atoms with Crippen molar-refractivity contribution in [2.24, 2.45) is 0 Å². The summed E-state index contributed by atoms with van der Waals surface area (Å²) in [4.78, 5) is 20.1. The van der Waals surface area contributed by atoms with Crippen LogP contribution in [0, 0.1) is 0 Å². The van der Waals surface area contributed by atoms with E-state index in [2.05, 4.69) is 33.4 Å². The van der Waals surface area contributed by atoms with Crippen molar-refractivity contribution in [3.63, 3.8) is 0 Å². The van der Waals surface area contributed by atoms with Gasteiger partial charge in [0, 0.05) is 25.6 Å². The molecule has 1 saturated heterocycles. The highest BCUT2D eigenvalue weighted by Crippen LogP contribution is 2.35. The maximum absolute atomic E-state index is 13.2. The highest BCUT2D eigenvalue weighted by atomic mass is 16.5. The first kappa shape index (κ1) is 17.0. The van der Waals surface area contributed by atoms with Crippen molar-refractivity contribution in [2.45, 2.75) is 44.3 Å². The molecule has 1 spiro atoms. The molecule has 1 aromatic heterocycles. The largest absolute Gasteiger partial charge is 0.481 e. The van der Waals surface area contributed by atoms with Gasteiger partial charge >= 0.3 is 0 Å². The van der Waals surface area contributed by atoms with E-state index in [1.54, 1.807) is 7.11 Å². The molecule has 2 aromatic rings. The van der Waals surface area contributed by atoms with E-state index >= 15 is 0 Å². The Kier molecular flexibility index (Phi) is 4.64. The molecule has 0 radical (unpaired) electrons. The van der Waals surface area contributed by atoms with Crippen LogP contribution in [0.3, 0.4) is 0 Å². The molecule has 1 N–H and O–H groups in total. The maximum Gasteiger partial charge on any atom is 0.241 e. The Morgan fingerprint density at radius 1 is 1.15 bits per heavy atom. The Labute approximate surface area is 154 Å². The van der Waals surface area contributed by atoms with Crippen LogP contribution in [-0.2, 0) is 24.3 Å². The highest BCUT2D eigenvalue weighted by Gasteiger charge is 2.46. The third-order valence-electron chi connectivity index (χ3n) is 5.68. The first-order valence-corrected chi connectivity index (χ1v) is 9.31. The van der Waals surface area contributed by atoms with Crippen LogP contribution in [0.25, 0.3) is 0 Å². The zero-order chi connectivity index (χ0) is 18.0. The summed E-state index contributed by atoms with van der Waals surface area (Å²) in [5.74, 6) is 0.764. The van der Waals surface area contributed by atoms with Crippen LogP contribution in [0.15, 0.2) is 42.5 Å². The molecule has 1 aromatic carbocycles. The molecule has 0 aliphatic carbocycles. The molecule has 1 fully saturated rings. The van der Waals surface area contributed by atoms with Gasteiger partial charge in [-0.1, -0.05) is 30.3 Å². The second-order valence-electron chi connectivity index (χ2n) is 7.21. The van der Waals surface area contributed by atoms with Gasteiger partial charge in [-0.2, -0.15) is 0 Å². The van der Waals surface area contributed by atoms with Crippen molar-refractivity contribution < 1.29 is 9.53 Å². The summed E-state index contributed by atoms with van der Waals surface area (Å²) in [6.07, 6.45) is 3.84. The Hall–Kier alpha value is -2.40. The number of pyridine rings is 1. The van der Waals surface area contributed by atoms with Crippen LogP contribution >= 0.6 is 0 Å². The van der Waals surface area contributed by atoms with Gasteiger partial charge in [-0.15, -0.1) is 0 Å².